The van der Waals surface area contributed by atoms with Crippen LogP contribution in [0.15, 0.2) is 28.9 Å². The average Bonchev–Trinajstić information content (AvgIpc) is 3.11. The van der Waals surface area contributed by atoms with Crippen molar-refractivity contribution in [3.8, 4) is 11.5 Å². The van der Waals surface area contributed by atoms with Gasteiger partial charge in [-0.05, 0) is 30.9 Å². The van der Waals surface area contributed by atoms with Crippen molar-refractivity contribution >= 4 is 5.91 Å². The summed E-state index contributed by atoms with van der Waals surface area (Å²) in [6.07, 6.45) is 3.68. The Balaban J connectivity index is 1.33. The summed E-state index contributed by atoms with van der Waals surface area (Å²) >= 11 is 0. The highest BCUT2D eigenvalue weighted by atomic mass is 16.3. The smallest absolute Gasteiger partial charge is 0.274 e. The van der Waals surface area contributed by atoms with Crippen molar-refractivity contribution in [2.24, 2.45) is 5.92 Å². The van der Waals surface area contributed by atoms with Crippen LogP contribution in [0.2, 0.25) is 0 Å². The van der Waals surface area contributed by atoms with Gasteiger partial charge in [-0.2, -0.15) is 5.10 Å². The topological polar surface area (TPSA) is 85.6 Å². The third-order valence-electron chi connectivity index (χ3n) is 4.85. The number of aromatic nitrogens is 2. The van der Waals surface area contributed by atoms with Crippen LogP contribution in [0.4, 0.5) is 0 Å². The van der Waals surface area contributed by atoms with Crippen LogP contribution in [-0.2, 0) is 0 Å². The van der Waals surface area contributed by atoms with Gasteiger partial charge in [0.2, 0.25) is 0 Å². The second-order valence-corrected chi connectivity index (χ2v) is 6.64. The molecule has 7 heteroatoms. The van der Waals surface area contributed by atoms with Gasteiger partial charge in [0.25, 0.3) is 5.91 Å². The van der Waals surface area contributed by atoms with Gasteiger partial charge in [0.1, 0.15) is 5.69 Å². The van der Waals surface area contributed by atoms with Gasteiger partial charge < -0.3 is 14.4 Å². The highest BCUT2D eigenvalue weighted by molar-refractivity contribution is 5.93. The number of aliphatic hydroxyl groups is 1. The van der Waals surface area contributed by atoms with Crippen LogP contribution in [0.5, 0.6) is 0 Å². The first-order valence-corrected chi connectivity index (χ1v) is 8.49. The summed E-state index contributed by atoms with van der Waals surface area (Å²) in [6, 6.07) is 5.35. The Kier molecular flexibility index (Phi) is 4.12. The summed E-state index contributed by atoms with van der Waals surface area (Å²) in [7, 11) is 0. The molecule has 2 aromatic heterocycles. The summed E-state index contributed by atoms with van der Waals surface area (Å²) in [5, 5.41) is 17.0. The molecule has 1 aliphatic heterocycles. The Bertz CT molecular complexity index is 685. The van der Waals surface area contributed by atoms with Gasteiger partial charge in [-0.25, -0.2) is 0 Å². The maximum absolute atomic E-state index is 12.6. The number of β-amino-alcohol motifs (C(OH)–C–C–N with tert-alkyl or cyclic N) is 1. The number of nitrogens with zero attached hydrogens (tertiary/aromatic N) is 3. The van der Waals surface area contributed by atoms with Crippen molar-refractivity contribution in [2.45, 2.75) is 18.9 Å². The molecule has 0 spiro atoms. The van der Waals surface area contributed by atoms with E-state index in [1.165, 1.54) is 0 Å². The van der Waals surface area contributed by atoms with Crippen LogP contribution >= 0.6 is 0 Å². The van der Waals surface area contributed by atoms with E-state index >= 15 is 0 Å². The molecule has 128 valence electrons. The Hall–Kier alpha value is -2.12. The number of H-pyrrole nitrogens is 1. The molecule has 1 saturated carbocycles. The molecular weight excluding hydrogens is 308 g/mol. The fraction of sp³-hybridized carbons (Fsp3) is 0.529. The number of aromatic amines is 1. The molecule has 1 atom stereocenters. The van der Waals surface area contributed by atoms with Crippen molar-refractivity contribution in [3.05, 3.63) is 30.2 Å². The van der Waals surface area contributed by atoms with Crippen LogP contribution in [0.1, 0.15) is 23.3 Å². The number of piperazine rings is 1. The number of hydrogen-bond acceptors (Lipinski definition) is 5. The predicted molar refractivity (Wildman–Crippen MR) is 87.4 cm³/mol. The Morgan fingerprint density at radius 3 is 2.83 bits per heavy atom. The molecule has 1 aliphatic carbocycles. The molecule has 0 bridgehead atoms. The molecule has 1 saturated heterocycles. The minimum Gasteiger partial charge on any atom is -0.463 e. The molecule has 3 heterocycles. The molecule has 0 radical (unpaired) electrons. The molecule has 0 unspecified atom stereocenters. The zero-order valence-electron chi connectivity index (χ0n) is 13.5. The number of hydrogen-bond donors (Lipinski definition) is 2. The Morgan fingerprint density at radius 1 is 1.38 bits per heavy atom. The van der Waals surface area contributed by atoms with Gasteiger partial charge in [-0.3, -0.25) is 14.8 Å². The maximum Gasteiger partial charge on any atom is 0.274 e. The fourth-order valence-corrected chi connectivity index (χ4v) is 3.18. The van der Waals surface area contributed by atoms with Gasteiger partial charge in [0.05, 0.1) is 12.4 Å². The zero-order valence-corrected chi connectivity index (χ0v) is 13.5. The normalized spacial score (nSPS) is 20.3. The highest BCUT2D eigenvalue weighted by Crippen LogP contribution is 2.33. The first kappa shape index (κ1) is 15.4. The molecule has 0 aromatic carbocycles. The van der Waals surface area contributed by atoms with Crippen LogP contribution in [0.3, 0.4) is 0 Å². The third kappa shape index (κ3) is 3.22. The molecule has 7 nitrogen and oxygen atoms in total. The molecule has 2 fully saturated rings. The highest BCUT2D eigenvalue weighted by Gasteiger charge is 2.32. The molecule has 2 aromatic rings. The van der Waals surface area contributed by atoms with Crippen molar-refractivity contribution in [1.82, 2.24) is 20.0 Å². The zero-order chi connectivity index (χ0) is 16.5. The number of carbonyl (C=O) groups is 1. The maximum atomic E-state index is 12.6. The van der Waals surface area contributed by atoms with Gasteiger partial charge in [0, 0.05) is 38.8 Å². The second kappa shape index (κ2) is 6.41. The van der Waals surface area contributed by atoms with Crippen LogP contribution in [-0.4, -0.2) is 69.8 Å². The lowest BCUT2D eigenvalue weighted by Crippen LogP contribution is -2.50. The first-order valence-electron chi connectivity index (χ1n) is 8.49. The number of aliphatic hydroxyl groups excluding tert-OH is 1. The summed E-state index contributed by atoms with van der Waals surface area (Å²) in [5.74, 6) is 1.10. The Morgan fingerprint density at radius 2 is 2.17 bits per heavy atom. The molecular formula is C17H22N4O3. The number of nitrogens with one attached hydrogen (secondary N) is 1. The average molecular weight is 330 g/mol. The van der Waals surface area contributed by atoms with Gasteiger partial charge in [-0.15, -0.1) is 0 Å². The molecule has 2 aliphatic rings. The van der Waals surface area contributed by atoms with Crippen molar-refractivity contribution in [3.63, 3.8) is 0 Å². The van der Waals surface area contributed by atoms with E-state index in [1.54, 1.807) is 18.4 Å². The lowest BCUT2D eigenvalue weighted by Gasteiger charge is -2.35. The molecule has 2 N–H and O–H groups in total. The molecule has 4 rings (SSSR count). The predicted octanol–water partition coefficient (Wildman–Crippen LogP) is 1.20. The van der Waals surface area contributed by atoms with Gasteiger partial charge in [0.15, 0.2) is 11.5 Å². The fourth-order valence-electron chi connectivity index (χ4n) is 3.18. The van der Waals surface area contributed by atoms with Crippen molar-refractivity contribution in [2.75, 3.05) is 32.7 Å². The SMILES string of the molecule is O=C(c1cc(-c2ccco2)[nH]n1)N1CCN(C[C@H](O)C2CC2)CC1. The van der Waals surface area contributed by atoms with E-state index in [2.05, 4.69) is 15.1 Å². The lowest BCUT2D eigenvalue weighted by molar-refractivity contribution is 0.0485. The Labute approximate surface area is 140 Å². The van der Waals surface area contributed by atoms with E-state index in [9.17, 15) is 9.90 Å². The van der Waals surface area contributed by atoms with E-state index in [-0.39, 0.29) is 12.0 Å². The van der Waals surface area contributed by atoms with E-state index in [4.69, 9.17) is 4.42 Å². The summed E-state index contributed by atoms with van der Waals surface area (Å²) in [5.41, 5.74) is 1.11. The summed E-state index contributed by atoms with van der Waals surface area (Å²) < 4.78 is 5.31. The lowest BCUT2D eigenvalue weighted by atomic mass is 10.2. The van der Waals surface area contributed by atoms with E-state index in [0.717, 1.165) is 32.5 Å². The minimum absolute atomic E-state index is 0.0635. The van der Waals surface area contributed by atoms with Gasteiger partial charge in [-0.1, -0.05) is 0 Å². The number of rotatable bonds is 5. The number of furan rings is 1. The monoisotopic (exact) mass is 330 g/mol. The number of carbonyl (C=O) groups excluding carboxylic acids is 1. The van der Waals surface area contributed by atoms with E-state index < -0.39 is 0 Å². The van der Waals surface area contributed by atoms with Crippen LogP contribution in [0.25, 0.3) is 11.5 Å². The largest absolute Gasteiger partial charge is 0.463 e. The summed E-state index contributed by atoms with van der Waals surface area (Å²) in [4.78, 5) is 16.6. The molecule has 1 amide bonds. The van der Waals surface area contributed by atoms with Crippen LogP contribution < -0.4 is 0 Å². The third-order valence-corrected chi connectivity index (χ3v) is 4.85. The molecule has 24 heavy (non-hydrogen) atoms. The van der Waals surface area contributed by atoms with E-state index in [1.807, 2.05) is 11.0 Å². The second-order valence-electron chi connectivity index (χ2n) is 6.64. The quantitative estimate of drug-likeness (QED) is 0.860. The first-order chi connectivity index (χ1) is 11.7. The van der Waals surface area contributed by atoms with Crippen molar-refractivity contribution < 1.29 is 14.3 Å². The van der Waals surface area contributed by atoms with E-state index in [0.29, 0.717) is 36.2 Å². The van der Waals surface area contributed by atoms with Crippen molar-refractivity contribution in [1.29, 1.82) is 0 Å². The standard InChI is InChI=1S/C17H22N4O3/c22-15(12-3-4-12)11-20-5-7-21(8-6-20)17(23)14-10-13(18-19-14)16-2-1-9-24-16/h1-2,9-10,12,15,22H,3-8,11H2,(H,18,19)/t15-/m0/s1. The minimum atomic E-state index is -0.213. The summed E-state index contributed by atoms with van der Waals surface area (Å²) in [6.45, 7) is 3.64. The van der Waals surface area contributed by atoms with Crippen LogP contribution in [0, 0.1) is 5.92 Å². The van der Waals surface area contributed by atoms with Gasteiger partial charge >= 0.3 is 0 Å². The number of amides is 1.